The molecule has 2 aliphatic rings. The number of likely N-dealkylation sites (N-methyl/N-ethyl adjacent to an activating group) is 1. The number of piperidine rings is 1. The fourth-order valence-corrected chi connectivity index (χ4v) is 4.14. The van der Waals surface area contributed by atoms with Gasteiger partial charge in [0, 0.05) is 57.4 Å². The molecule has 168 valence electrons. The van der Waals surface area contributed by atoms with Crippen molar-refractivity contribution in [1.82, 2.24) is 15.1 Å². The van der Waals surface area contributed by atoms with E-state index >= 15 is 0 Å². The predicted octanol–water partition coefficient (Wildman–Crippen LogP) is 1.44. The van der Waals surface area contributed by atoms with Crippen LogP contribution >= 0.6 is 0 Å². The molecule has 0 atom stereocenters. The van der Waals surface area contributed by atoms with Crippen molar-refractivity contribution in [2.45, 2.75) is 18.9 Å². The Bertz CT molecular complexity index is 865. The Morgan fingerprint density at radius 1 is 1.26 bits per heavy atom. The van der Waals surface area contributed by atoms with Gasteiger partial charge in [-0.1, -0.05) is 11.8 Å². The Morgan fingerprint density at radius 3 is 2.52 bits per heavy atom. The van der Waals surface area contributed by atoms with E-state index in [4.69, 9.17) is 9.84 Å². The molecule has 3 rings (SSSR count). The Labute approximate surface area is 181 Å². The summed E-state index contributed by atoms with van der Waals surface area (Å²) in [6, 6.07) is 3.62. The molecule has 0 saturated carbocycles. The van der Waals surface area contributed by atoms with Gasteiger partial charge in [0.2, 0.25) is 0 Å². The van der Waals surface area contributed by atoms with Crippen molar-refractivity contribution in [2.24, 2.45) is 0 Å². The first-order valence-corrected chi connectivity index (χ1v) is 10.4. The molecule has 2 heterocycles. The van der Waals surface area contributed by atoms with E-state index in [1.165, 1.54) is 13.2 Å². The lowest BCUT2D eigenvalue weighted by molar-refractivity contribution is -0.385. The zero-order valence-corrected chi connectivity index (χ0v) is 18.0. The van der Waals surface area contributed by atoms with E-state index in [0.717, 1.165) is 57.8 Å². The highest BCUT2D eigenvalue weighted by molar-refractivity contribution is 5.70. The molecule has 0 aromatic heterocycles. The van der Waals surface area contributed by atoms with Crippen LogP contribution in [0.25, 0.3) is 0 Å². The second kappa shape index (κ2) is 10.3. The summed E-state index contributed by atoms with van der Waals surface area (Å²) in [5.74, 6) is 5.82. The number of nitro groups is 1. The summed E-state index contributed by atoms with van der Waals surface area (Å²) in [5.41, 5.74) is 1.12. The molecule has 0 bridgehead atoms. The van der Waals surface area contributed by atoms with Crippen LogP contribution in [0.2, 0.25) is 0 Å². The topological polar surface area (TPSA) is 111 Å². The molecule has 1 aromatic rings. The minimum atomic E-state index is -1.17. The summed E-state index contributed by atoms with van der Waals surface area (Å²) in [6.07, 6.45) is 0.855. The number of rotatable bonds is 5. The number of carbonyl (C=O) groups is 1. The summed E-state index contributed by atoms with van der Waals surface area (Å²) >= 11 is 0. The Balaban J connectivity index is 1.78. The fourth-order valence-electron chi connectivity index (χ4n) is 4.14. The second-order valence-corrected chi connectivity index (χ2v) is 7.82. The summed E-state index contributed by atoms with van der Waals surface area (Å²) in [5, 5.41) is 22.3. The van der Waals surface area contributed by atoms with Gasteiger partial charge in [-0.15, -0.1) is 0 Å². The molecule has 10 heteroatoms. The normalized spacial score (nSPS) is 18.2. The van der Waals surface area contributed by atoms with Gasteiger partial charge >= 0.3 is 11.8 Å². The Morgan fingerprint density at radius 2 is 1.94 bits per heavy atom. The SMILES string of the molecule is COc1cc(N2CCC(N3CCN(C)CC3)CC2)c(C#CCNC(=O)O)cc1[N+](=O)[O-]. The molecule has 10 nitrogen and oxygen atoms in total. The molecule has 0 aliphatic carbocycles. The molecule has 2 N–H and O–H groups in total. The number of hydrogen-bond acceptors (Lipinski definition) is 7. The Kier molecular flexibility index (Phi) is 7.55. The van der Waals surface area contributed by atoms with Crippen molar-refractivity contribution < 1.29 is 19.6 Å². The summed E-state index contributed by atoms with van der Waals surface area (Å²) in [6.45, 7) is 5.92. The third kappa shape index (κ3) is 5.77. The molecule has 2 aliphatic heterocycles. The number of nitrogens with zero attached hydrogens (tertiary/aromatic N) is 4. The van der Waals surface area contributed by atoms with Crippen LogP contribution < -0.4 is 15.0 Å². The highest BCUT2D eigenvalue weighted by atomic mass is 16.6. The van der Waals surface area contributed by atoms with Crippen LogP contribution in [-0.2, 0) is 0 Å². The van der Waals surface area contributed by atoms with Gasteiger partial charge in [-0.05, 0) is 19.9 Å². The van der Waals surface area contributed by atoms with Crippen molar-refractivity contribution in [1.29, 1.82) is 0 Å². The van der Waals surface area contributed by atoms with Crippen LogP contribution in [0.4, 0.5) is 16.2 Å². The monoisotopic (exact) mass is 431 g/mol. The molecule has 1 amide bonds. The van der Waals surface area contributed by atoms with Crippen molar-refractivity contribution in [3.8, 4) is 17.6 Å². The minimum absolute atomic E-state index is 0.0555. The number of carboxylic acid groups (broad SMARTS) is 1. The van der Waals surface area contributed by atoms with E-state index in [9.17, 15) is 14.9 Å². The van der Waals surface area contributed by atoms with Gasteiger partial charge in [-0.3, -0.25) is 15.0 Å². The van der Waals surface area contributed by atoms with Crippen molar-refractivity contribution in [3.63, 3.8) is 0 Å². The predicted molar refractivity (Wildman–Crippen MR) is 117 cm³/mol. The van der Waals surface area contributed by atoms with Crippen LogP contribution in [0.5, 0.6) is 5.75 Å². The number of hydrogen-bond donors (Lipinski definition) is 2. The van der Waals surface area contributed by atoms with E-state index in [-0.39, 0.29) is 18.0 Å². The lowest BCUT2D eigenvalue weighted by Crippen LogP contribution is -2.52. The van der Waals surface area contributed by atoms with Gasteiger partial charge in [0.25, 0.3) is 0 Å². The van der Waals surface area contributed by atoms with Gasteiger partial charge < -0.3 is 25.0 Å². The van der Waals surface area contributed by atoms with E-state index in [1.54, 1.807) is 6.07 Å². The molecule has 0 unspecified atom stereocenters. The minimum Gasteiger partial charge on any atom is -0.490 e. The van der Waals surface area contributed by atoms with E-state index in [1.807, 2.05) is 0 Å². The zero-order chi connectivity index (χ0) is 22.4. The first-order valence-electron chi connectivity index (χ1n) is 10.4. The quantitative estimate of drug-likeness (QED) is 0.409. The number of ether oxygens (including phenoxy) is 1. The van der Waals surface area contributed by atoms with Crippen LogP contribution in [0, 0.1) is 22.0 Å². The maximum absolute atomic E-state index is 11.4. The van der Waals surface area contributed by atoms with Crippen LogP contribution in [0.15, 0.2) is 12.1 Å². The molecule has 0 spiro atoms. The number of nitro benzene ring substituents is 1. The van der Waals surface area contributed by atoms with Crippen molar-refractivity contribution in [2.75, 3.05) is 64.9 Å². The average Bonchev–Trinajstić information content (AvgIpc) is 2.76. The van der Waals surface area contributed by atoms with Crippen LogP contribution in [-0.4, -0.2) is 91.9 Å². The van der Waals surface area contributed by atoms with Gasteiger partial charge in [0.05, 0.1) is 29.8 Å². The van der Waals surface area contributed by atoms with Crippen LogP contribution in [0.1, 0.15) is 18.4 Å². The second-order valence-electron chi connectivity index (χ2n) is 7.82. The third-order valence-corrected chi connectivity index (χ3v) is 5.90. The number of piperazine rings is 1. The van der Waals surface area contributed by atoms with E-state index in [2.05, 4.69) is 38.9 Å². The molecular weight excluding hydrogens is 402 g/mol. The zero-order valence-electron chi connectivity index (χ0n) is 18.0. The standard InChI is InChI=1S/C21H29N5O5/c1-23-10-12-24(13-11-23)17-5-8-25(9-6-17)18-15-20(31-2)19(26(29)30)14-16(18)4-3-7-22-21(27)28/h14-15,17,22H,5-13H2,1-2H3,(H,27,28). The number of anilines is 1. The maximum Gasteiger partial charge on any atom is 0.405 e. The van der Waals surface area contributed by atoms with Gasteiger partial charge in [0.1, 0.15) is 0 Å². The molecule has 31 heavy (non-hydrogen) atoms. The summed E-state index contributed by atoms with van der Waals surface area (Å²) in [4.78, 5) is 28.7. The molecule has 2 fully saturated rings. The van der Waals surface area contributed by atoms with Gasteiger partial charge in [-0.25, -0.2) is 4.79 Å². The number of nitrogens with one attached hydrogen (secondary N) is 1. The van der Waals surface area contributed by atoms with Crippen molar-refractivity contribution in [3.05, 3.63) is 27.8 Å². The lowest BCUT2D eigenvalue weighted by atomic mass is 10.00. The highest BCUT2D eigenvalue weighted by Crippen LogP contribution is 2.36. The highest BCUT2D eigenvalue weighted by Gasteiger charge is 2.29. The van der Waals surface area contributed by atoms with Gasteiger partial charge in [-0.2, -0.15) is 0 Å². The third-order valence-electron chi connectivity index (χ3n) is 5.90. The molecule has 1 aromatic carbocycles. The first kappa shape index (κ1) is 22.7. The van der Waals surface area contributed by atoms with E-state index in [0.29, 0.717) is 11.6 Å². The van der Waals surface area contributed by atoms with Crippen LogP contribution in [0.3, 0.4) is 0 Å². The molecule has 2 saturated heterocycles. The summed E-state index contributed by atoms with van der Waals surface area (Å²) in [7, 11) is 3.56. The first-order chi connectivity index (χ1) is 14.9. The largest absolute Gasteiger partial charge is 0.490 e. The molecular formula is C21H29N5O5. The number of amides is 1. The number of methoxy groups -OCH3 is 1. The Hall–Kier alpha value is -3.03. The maximum atomic E-state index is 11.4. The summed E-state index contributed by atoms with van der Waals surface area (Å²) < 4.78 is 5.26. The smallest absolute Gasteiger partial charge is 0.405 e. The fraction of sp³-hybridized carbons (Fsp3) is 0.571. The van der Waals surface area contributed by atoms with Crippen molar-refractivity contribution >= 4 is 17.5 Å². The average molecular weight is 431 g/mol. The van der Waals surface area contributed by atoms with Gasteiger partial charge in [0.15, 0.2) is 5.75 Å². The number of benzene rings is 1. The van der Waals surface area contributed by atoms with E-state index < -0.39 is 11.0 Å². The lowest BCUT2D eigenvalue weighted by Gasteiger charge is -2.42. The molecule has 0 radical (unpaired) electrons.